The van der Waals surface area contributed by atoms with Gasteiger partial charge < -0.3 is 31.1 Å². The van der Waals surface area contributed by atoms with Crippen LogP contribution in [0.25, 0.3) is 10.9 Å². The van der Waals surface area contributed by atoms with Gasteiger partial charge in [-0.15, -0.1) is 0 Å². The van der Waals surface area contributed by atoms with Crippen molar-refractivity contribution in [1.82, 2.24) is 26.1 Å². The molecule has 6 N–H and O–H groups in total. The Kier molecular flexibility index (Phi) is 11.9. The smallest absolute Gasteiger partial charge is 0.475 e. The summed E-state index contributed by atoms with van der Waals surface area (Å²) in [6.45, 7) is -0.614. The zero-order chi connectivity index (χ0) is 35.8. The van der Waals surface area contributed by atoms with Gasteiger partial charge in [-0.2, -0.15) is 31.4 Å². The van der Waals surface area contributed by atoms with Crippen molar-refractivity contribution in [2.24, 2.45) is 4.99 Å². The number of hydrogen-bond donors (Lipinski definition) is 6. The molecule has 4 rings (SSSR count). The van der Waals surface area contributed by atoms with Crippen molar-refractivity contribution in [2.45, 2.75) is 31.0 Å². The summed E-state index contributed by atoms with van der Waals surface area (Å²) in [6.07, 6.45) is -10.2. The number of carbonyl (C=O) groups is 4. The Hall–Kier alpha value is -5.50. The molecule has 0 radical (unpaired) electrons. The first-order valence-electron chi connectivity index (χ1n) is 13.4. The number of aliphatic carboxylic acids is 1. The average molecular weight is 696 g/mol. The minimum absolute atomic E-state index is 0.0384. The monoisotopic (exact) mass is 695 g/mol. The van der Waals surface area contributed by atoms with Crippen molar-refractivity contribution in [3.8, 4) is 0 Å². The van der Waals surface area contributed by atoms with E-state index in [0.29, 0.717) is 28.6 Å². The van der Waals surface area contributed by atoms with Gasteiger partial charge in [-0.3, -0.25) is 19.5 Å². The number of carboxylic acid groups (broad SMARTS) is 1. The van der Waals surface area contributed by atoms with Gasteiger partial charge in [-0.1, -0.05) is 0 Å². The molecule has 0 spiro atoms. The predicted octanol–water partition coefficient (Wildman–Crippen LogP) is 3.21. The number of benzene rings is 2. The number of aromatic amines is 1. The Morgan fingerprint density at radius 2 is 1.77 bits per heavy atom. The van der Waals surface area contributed by atoms with Crippen molar-refractivity contribution in [3.05, 3.63) is 59.0 Å². The summed E-state index contributed by atoms with van der Waals surface area (Å²) in [5, 5.41) is 24.9. The zero-order valence-electron chi connectivity index (χ0n) is 24.4. The van der Waals surface area contributed by atoms with Crippen LogP contribution < -0.4 is 21.3 Å². The molecule has 2 amide bonds. The number of guanidine groups is 1. The normalized spacial score (nSPS) is 15.2. The summed E-state index contributed by atoms with van der Waals surface area (Å²) in [5.41, 5.74) is -0.639. The van der Waals surface area contributed by atoms with Crippen LogP contribution in [-0.4, -0.2) is 84.1 Å². The Balaban J connectivity index is 0.000000804. The van der Waals surface area contributed by atoms with E-state index in [-0.39, 0.29) is 30.3 Å². The van der Waals surface area contributed by atoms with E-state index in [0.717, 1.165) is 13.2 Å². The topological polar surface area (TPSA) is 187 Å². The van der Waals surface area contributed by atoms with Crippen LogP contribution in [0.5, 0.6) is 0 Å². The maximum atomic E-state index is 14.0. The third-order valence-electron chi connectivity index (χ3n) is 6.25. The molecular weight excluding hydrogens is 670 g/mol. The van der Waals surface area contributed by atoms with Crippen LogP contribution in [0.2, 0.25) is 0 Å². The second kappa shape index (κ2) is 15.4. The number of ether oxygens (including phenoxy) is 1. The largest absolute Gasteiger partial charge is 0.490 e. The van der Waals surface area contributed by atoms with Crippen molar-refractivity contribution in [1.29, 1.82) is 0 Å². The molecule has 260 valence electrons. The molecule has 2 aromatic carbocycles. The van der Waals surface area contributed by atoms with Gasteiger partial charge in [0.25, 0.3) is 5.91 Å². The van der Waals surface area contributed by atoms with Crippen LogP contribution in [0, 0.1) is 5.82 Å². The fourth-order valence-corrected chi connectivity index (χ4v) is 4.00. The molecule has 1 aliphatic heterocycles. The molecule has 2 atom stereocenters. The molecule has 0 aliphatic carbocycles. The van der Waals surface area contributed by atoms with Gasteiger partial charge in [-0.05, 0) is 35.9 Å². The van der Waals surface area contributed by atoms with Crippen molar-refractivity contribution in [2.75, 3.05) is 32.1 Å². The molecule has 0 fully saturated rings. The fourth-order valence-electron chi connectivity index (χ4n) is 4.00. The lowest BCUT2D eigenvalue weighted by Gasteiger charge is -2.20. The number of carboxylic acids is 1. The van der Waals surface area contributed by atoms with E-state index in [4.69, 9.17) is 9.90 Å². The minimum Gasteiger partial charge on any atom is -0.475 e. The standard InChI is InChI=1S/C25H24F5N7O4.C2HF3O2/c1-41-22(39)7-18(12-2-14(25(28,29)30)6-15(26)3-12)35-21(38)11-31-23(40)13-4-19(17-10-34-37-20(17)5-13)36-24-32-8-16(27)9-33-24;3-2(4,5)1(6)7/h2-6,10,16,18H,7-9,11H2,1H3,(H,31,40)(H,34,37)(H,35,38)(H2,32,33,36);(H,6,7)/t18-;/m0./s1. The number of aliphatic imine (C=N–C) groups is 1. The van der Waals surface area contributed by atoms with E-state index in [9.17, 15) is 49.5 Å². The van der Waals surface area contributed by atoms with Crippen molar-refractivity contribution >= 4 is 46.3 Å². The maximum absolute atomic E-state index is 14.0. The zero-order valence-corrected chi connectivity index (χ0v) is 24.4. The Bertz CT molecular complexity index is 1690. The number of anilines is 1. The lowest BCUT2D eigenvalue weighted by atomic mass is 10.0. The van der Waals surface area contributed by atoms with Crippen molar-refractivity contribution < 1.29 is 64.1 Å². The van der Waals surface area contributed by atoms with Gasteiger partial charge >= 0.3 is 24.3 Å². The summed E-state index contributed by atoms with van der Waals surface area (Å²) in [5.74, 6) is -6.12. The first kappa shape index (κ1) is 37.0. The van der Waals surface area contributed by atoms with Gasteiger partial charge in [0.2, 0.25) is 5.91 Å². The van der Waals surface area contributed by atoms with E-state index >= 15 is 0 Å². The number of nitrogens with one attached hydrogen (secondary N) is 5. The molecule has 0 bridgehead atoms. The van der Waals surface area contributed by atoms with E-state index in [1.807, 2.05) is 0 Å². The molecule has 0 saturated heterocycles. The van der Waals surface area contributed by atoms with Gasteiger partial charge in [-0.25, -0.2) is 18.6 Å². The molecule has 1 unspecified atom stereocenters. The predicted molar refractivity (Wildman–Crippen MR) is 150 cm³/mol. The Morgan fingerprint density at radius 1 is 1.08 bits per heavy atom. The number of halogens is 8. The van der Waals surface area contributed by atoms with Crippen LogP contribution in [0.4, 0.5) is 40.8 Å². The second-order valence-corrected chi connectivity index (χ2v) is 9.80. The number of H-pyrrole nitrogens is 1. The highest BCUT2D eigenvalue weighted by molar-refractivity contribution is 6.07. The number of methoxy groups -OCH3 is 1. The highest BCUT2D eigenvalue weighted by Gasteiger charge is 2.38. The number of carbonyl (C=O) groups excluding carboxylic acids is 3. The lowest BCUT2D eigenvalue weighted by Crippen LogP contribution is -2.41. The van der Waals surface area contributed by atoms with Gasteiger partial charge in [0.15, 0.2) is 5.96 Å². The SMILES string of the molecule is COC(=O)C[C@H](NC(=O)CNC(=O)c1cc(NC2=NCC(F)CN2)c2cn[nH]c2c1)c1cc(F)cc(C(F)(F)F)c1.O=C(O)C(F)(F)F. The number of esters is 1. The third-order valence-corrected chi connectivity index (χ3v) is 6.25. The van der Waals surface area contributed by atoms with Gasteiger partial charge in [0, 0.05) is 10.9 Å². The quantitative estimate of drug-likeness (QED) is 0.152. The molecule has 1 aliphatic rings. The number of amides is 2. The molecule has 2 heterocycles. The third kappa shape index (κ3) is 10.5. The summed E-state index contributed by atoms with van der Waals surface area (Å²) < 4.78 is 103. The number of fused-ring (bicyclic) bond motifs is 1. The summed E-state index contributed by atoms with van der Waals surface area (Å²) in [7, 11) is 1.04. The van der Waals surface area contributed by atoms with Crippen LogP contribution >= 0.6 is 0 Å². The molecule has 1 aromatic heterocycles. The van der Waals surface area contributed by atoms with Crippen LogP contribution in [0.1, 0.15) is 33.9 Å². The molecule has 48 heavy (non-hydrogen) atoms. The lowest BCUT2D eigenvalue weighted by molar-refractivity contribution is -0.192. The highest BCUT2D eigenvalue weighted by Crippen LogP contribution is 2.32. The average Bonchev–Trinajstić information content (AvgIpc) is 3.49. The van der Waals surface area contributed by atoms with E-state index in [1.165, 1.54) is 18.3 Å². The number of hydrogen-bond acceptors (Lipinski definition) is 9. The van der Waals surface area contributed by atoms with E-state index < -0.39 is 72.7 Å². The second-order valence-electron chi connectivity index (χ2n) is 9.80. The van der Waals surface area contributed by atoms with E-state index in [1.54, 1.807) is 0 Å². The Morgan fingerprint density at radius 3 is 2.35 bits per heavy atom. The minimum atomic E-state index is -5.08. The first-order valence-corrected chi connectivity index (χ1v) is 13.4. The fraction of sp³-hybridized carbons (Fsp3) is 0.333. The summed E-state index contributed by atoms with van der Waals surface area (Å²) in [6, 6.07) is 3.21. The maximum Gasteiger partial charge on any atom is 0.490 e. The van der Waals surface area contributed by atoms with Crippen molar-refractivity contribution in [3.63, 3.8) is 0 Å². The molecule has 13 nitrogen and oxygen atoms in total. The summed E-state index contributed by atoms with van der Waals surface area (Å²) in [4.78, 5) is 50.3. The number of alkyl halides is 7. The first-order chi connectivity index (χ1) is 22.4. The number of aromatic nitrogens is 2. The molecular formula is C27H25F8N7O6. The van der Waals surface area contributed by atoms with E-state index in [2.05, 4.69) is 41.2 Å². The van der Waals surface area contributed by atoms with Crippen LogP contribution in [0.3, 0.4) is 0 Å². The van der Waals surface area contributed by atoms with Crippen LogP contribution in [-0.2, 0) is 25.3 Å². The molecule has 0 saturated carbocycles. The molecule has 21 heteroatoms. The van der Waals surface area contributed by atoms with Gasteiger partial charge in [0.05, 0.1) is 62.2 Å². The highest BCUT2D eigenvalue weighted by atomic mass is 19.4. The van der Waals surface area contributed by atoms with Crippen LogP contribution in [0.15, 0.2) is 41.5 Å². The molecule has 3 aromatic rings. The number of rotatable bonds is 8. The Labute approximate surface area is 264 Å². The van der Waals surface area contributed by atoms with Gasteiger partial charge in [0.1, 0.15) is 12.0 Å². The number of nitrogens with zero attached hydrogens (tertiary/aromatic N) is 2. The summed E-state index contributed by atoms with van der Waals surface area (Å²) >= 11 is 0.